The van der Waals surface area contributed by atoms with Crippen molar-refractivity contribution in [1.82, 2.24) is 14.7 Å². The Morgan fingerprint density at radius 3 is 2.83 bits per heavy atom. The molecule has 7 heteroatoms. The Labute approximate surface area is 135 Å². The SMILES string of the molecule is CCCN(Cn1ncc2ccccc2c1=O)[C@@H]1CCS(=O)(=O)C1. The van der Waals surface area contributed by atoms with Gasteiger partial charge >= 0.3 is 0 Å². The third-order valence-electron chi connectivity index (χ3n) is 4.31. The standard InChI is InChI=1S/C16H21N3O3S/c1-2-8-18(14-7-9-23(21,22)11-14)12-19-16(20)15-6-4-3-5-13(15)10-17-19/h3-6,10,14H,2,7-9,11-12H2,1H3/t14-/m1/s1. The predicted molar refractivity (Wildman–Crippen MR) is 90.1 cm³/mol. The van der Waals surface area contributed by atoms with Gasteiger partial charge < -0.3 is 0 Å². The fraction of sp³-hybridized carbons (Fsp3) is 0.500. The van der Waals surface area contributed by atoms with Gasteiger partial charge in [0.05, 0.1) is 29.8 Å². The van der Waals surface area contributed by atoms with Gasteiger partial charge in [0.25, 0.3) is 5.56 Å². The van der Waals surface area contributed by atoms with Gasteiger partial charge in [-0.25, -0.2) is 13.1 Å². The fourth-order valence-corrected chi connectivity index (χ4v) is 4.88. The molecule has 1 fully saturated rings. The van der Waals surface area contributed by atoms with Gasteiger partial charge in [0, 0.05) is 11.4 Å². The summed E-state index contributed by atoms with van der Waals surface area (Å²) in [7, 11) is -2.95. The zero-order valence-electron chi connectivity index (χ0n) is 13.2. The smallest absolute Gasteiger partial charge is 0.275 e. The van der Waals surface area contributed by atoms with Crippen molar-refractivity contribution in [3.8, 4) is 0 Å². The summed E-state index contributed by atoms with van der Waals surface area (Å²) < 4.78 is 24.9. The first kappa shape index (κ1) is 16.1. The molecule has 1 aliphatic heterocycles. The number of rotatable bonds is 5. The van der Waals surface area contributed by atoms with Crippen molar-refractivity contribution < 1.29 is 8.42 Å². The van der Waals surface area contributed by atoms with Crippen LogP contribution in [-0.2, 0) is 16.5 Å². The van der Waals surface area contributed by atoms with Crippen LogP contribution in [0.25, 0.3) is 10.8 Å². The summed E-state index contributed by atoms with van der Waals surface area (Å²) in [6.45, 7) is 3.13. The monoisotopic (exact) mass is 335 g/mol. The molecule has 124 valence electrons. The van der Waals surface area contributed by atoms with Crippen molar-refractivity contribution >= 4 is 20.6 Å². The van der Waals surface area contributed by atoms with Gasteiger partial charge in [-0.1, -0.05) is 25.1 Å². The van der Waals surface area contributed by atoms with Crippen molar-refractivity contribution in [2.24, 2.45) is 0 Å². The minimum Gasteiger partial charge on any atom is -0.280 e. The summed E-state index contributed by atoms with van der Waals surface area (Å²) in [5.41, 5.74) is -0.134. The number of nitrogens with zero attached hydrogens (tertiary/aromatic N) is 3. The second-order valence-electron chi connectivity index (χ2n) is 6.05. The molecule has 0 amide bonds. The molecule has 0 radical (unpaired) electrons. The third kappa shape index (κ3) is 3.45. The Bertz CT molecular complexity index is 860. The first-order valence-corrected chi connectivity index (χ1v) is 9.71. The number of benzene rings is 1. The Balaban J connectivity index is 1.89. The van der Waals surface area contributed by atoms with E-state index >= 15 is 0 Å². The fourth-order valence-electron chi connectivity index (χ4n) is 3.12. The van der Waals surface area contributed by atoms with Crippen LogP contribution in [0.1, 0.15) is 19.8 Å². The average molecular weight is 335 g/mol. The molecule has 1 atom stereocenters. The van der Waals surface area contributed by atoms with Crippen LogP contribution in [0.5, 0.6) is 0 Å². The summed E-state index contributed by atoms with van der Waals surface area (Å²) >= 11 is 0. The lowest BCUT2D eigenvalue weighted by Gasteiger charge is -2.27. The van der Waals surface area contributed by atoms with Crippen molar-refractivity contribution in [3.63, 3.8) is 0 Å². The van der Waals surface area contributed by atoms with Gasteiger partial charge in [-0.3, -0.25) is 9.69 Å². The second kappa shape index (κ2) is 6.41. The molecule has 0 spiro atoms. The largest absolute Gasteiger partial charge is 0.280 e. The van der Waals surface area contributed by atoms with Gasteiger partial charge in [-0.2, -0.15) is 5.10 Å². The Morgan fingerprint density at radius 2 is 2.13 bits per heavy atom. The maximum atomic E-state index is 12.6. The van der Waals surface area contributed by atoms with E-state index in [-0.39, 0.29) is 23.1 Å². The third-order valence-corrected chi connectivity index (χ3v) is 6.06. The van der Waals surface area contributed by atoms with Crippen LogP contribution in [0, 0.1) is 0 Å². The van der Waals surface area contributed by atoms with Gasteiger partial charge in [-0.15, -0.1) is 0 Å². The normalized spacial score (nSPS) is 20.3. The number of hydrogen-bond donors (Lipinski definition) is 0. The minimum absolute atomic E-state index is 0.0277. The molecule has 1 aliphatic rings. The molecule has 0 saturated carbocycles. The van der Waals surface area contributed by atoms with Gasteiger partial charge in [0.2, 0.25) is 0 Å². The van der Waals surface area contributed by atoms with E-state index in [4.69, 9.17) is 0 Å². The first-order chi connectivity index (χ1) is 11.0. The molecule has 6 nitrogen and oxygen atoms in total. The van der Waals surface area contributed by atoms with E-state index in [2.05, 4.69) is 10.00 Å². The van der Waals surface area contributed by atoms with Crippen LogP contribution in [0.15, 0.2) is 35.3 Å². The molecule has 0 N–H and O–H groups in total. The van der Waals surface area contributed by atoms with E-state index in [1.54, 1.807) is 12.3 Å². The van der Waals surface area contributed by atoms with E-state index in [1.165, 1.54) is 4.68 Å². The summed E-state index contributed by atoms with van der Waals surface area (Å²) in [5.74, 6) is 0.410. The summed E-state index contributed by atoms with van der Waals surface area (Å²) in [6.07, 6.45) is 3.22. The average Bonchev–Trinajstić information content (AvgIpc) is 2.89. The first-order valence-electron chi connectivity index (χ1n) is 7.89. The maximum absolute atomic E-state index is 12.6. The van der Waals surface area contributed by atoms with Gasteiger partial charge in [0.15, 0.2) is 9.84 Å². The number of aromatic nitrogens is 2. The Kier molecular flexibility index (Phi) is 4.50. The van der Waals surface area contributed by atoms with E-state index < -0.39 is 9.84 Å². The Morgan fingerprint density at radius 1 is 1.35 bits per heavy atom. The molecule has 3 rings (SSSR count). The van der Waals surface area contributed by atoms with Crippen LogP contribution >= 0.6 is 0 Å². The highest BCUT2D eigenvalue weighted by atomic mass is 32.2. The molecule has 0 unspecified atom stereocenters. The van der Waals surface area contributed by atoms with Gasteiger partial charge in [-0.05, 0) is 25.5 Å². The molecule has 1 aromatic carbocycles. The topological polar surface area (TPSA) is 72.3 Å². The molecular weight excluding hydrogens is 314 g/mol. The van der Waals surface area contributed by atoms with E-state index in [9.17, 15) is 13.2 Å². The van der Waals surface area contributed by atoms with Crippen LogP contribution in [-0.4, -0.2) is 47.2 Å². The van der Waals surface area contributed by atoms with Crippen molar-refractivity contribution in [3.05, 3.63) is 40.8 Å². The summed E-state index contributed by atoms with van der Waals surface area (Å²) in [6, 6.07) is 7.34. The van der Waals surface area contributed by atoms with Crippen molar-refractivity contribution in [1.29, 1.82) is 0 Å². The van der Waals surface area contributed by atoms with Crippen LogP contribution in [0.2, 0.25) is 0 Å². The highest BCUT2D eigenvalue weighted by Crippen LogP contribution is 2.18. The zero-order chi connectivity index (χ0) is 16.4. The molecule has 1 aromatic heterocycles. The second-order valence-corrected chi connectivity index (χ2v) is 8.28. The highest BCUT2D eigenvalue weighted by Gasteiger charge is 2.32. The summed E-state index contributed by atoms with van der Waals surface area (Å²) in [5, 5.41) is 5.71. The lowest BCUT2D eigenvalue weighted by molar-refractivity contribution is 0.153. The maximum Gasteiger partial charge on any atom is 0.275 e. The molecule has 23 heavy (non-hydrogen) atoms. The van der Waals surface area contributed by atoms with Crippen LogP contribution in [0.3, 0.4) is 0 Å². The molecule has 0 bridgehead atoms. The molecule has 1 saturated heterocycles. The number of sulfone groups is 1. The quantitative estimate of drug-likeness (QED) is 0.822. The lowest BCUT2D eigenvalue weighted by atomic mass is 10.2. The predicted octanol–water partition coefficient (Wildman–Crippen LogP) is 1.25. The van der Waals surface area contributed by atoms with Crippen molar-refractivity contribution in [2.45, 2.75) is 32.5 Å². The lowest BCUT2D eigenvalue weighted by Crippen LogP contribution is -2.41. The van der Waals surface area contributed by atoms with E-state index in [1.807, 2.05) is 25.1 Å². The van der Waals surface area contributed by atoms with Crippen LogP contribution in [0.4, 0.5) is 0 Å². The number of hydrogen-bond acceptors (Lipinski definition) is 5. The minimum atomic E-state index is -2.95. The van der Waals surface area contributed by atoms with Crippen LogP contribution < -0.4 is 5.56 Å². The van der Waals surface area contributed by atoms with E-state index in [0.717, 1.165) is 18.4 Å². The van der Waals surface area contributed by atoms with E-state index in [0.29, 0.717) is 18.5 Å². The van der Waals surface area contributed by atoms with Gasteiger partial charge in [0.1, 0.15) is 0 Å². The molecule has 2 aromatic rings. The molecule has 0 aliphatic carbocycles. The Hall–Kier alpha value is -1.73. The zero-order valence-corrected chi connectivity index (χ0v) is 14.0. The molecular formula is C16H21N3O3S. The van der Waals surface area contributed by atoms with Crippen molar-refractivity contribution in [2.75, 3.05) is 18.1 Å². The highest BCUT2D eigenvalue weighted by molar-refractivity contribution is 7.91. The summed E-state index contributed by atoms with van der Waals surface area (Å²) in [4.78, 5) is 14.6. The number of fused-ring (bicyclic) bond motifs is 1. The molecule has 2 heterocycles.